The lowest BCUT2D eigenvalue weighted by Crippen LogP contribution is -2.51. The number of thiophene rings is 1. The Balaban J connectivity index is 1.58. The summed E-state index contributed by atoms with van der Waals surface area (Å²) in [7, 11) is -1.56. The van der Waals surface area contributed by atoms with Gasteiger partial charge >= 0.3 is 0 Å². The van der Waals surface area contributed by atoms with Crippen molar-refractivity contribution in [1.29, 1.82) is 0 Å². The Kier molecular flexibility index (Phi) is 5.01. The van der Waals surface area contributed by atoms with Gasteiger partial charge in [-0.15, -0.1) is 11.3 Å². The predicted octanol–water partition coefficient (Wildman–Crippen LogP) is 1.29. The normalized spacial score (nSPS) is 20.3. The van der Waals surface area contributed by atoms with E-state index in [9.17, 15) is 13.2 Å². The van der Waals surface area contributed by atoms with Crippen LogP contribution in [0.1, 0.15) is 22.6 Å². The minimum Gasteiger partial charge on any atom is -0.342 e. The maximum Gasteiger partial charge on any atom is 0.244 e. The van der Waals surface area contributed by atoms with Crippen LogP contribution in [0.4, 0.5) is 0 Å². The summed E-state index contributed by atoms with van der Waals surface area (Å²) in [5.41, 5.74) is 0. The number of amides is 1. The summed E-state index contributed by atoms with van der Waals surface area (Å²) in [6.07, 6.45) is 2.21. The predicted molar refractivity (Wildman–Crippen MR) is 94.8 cm³/mol. The first-order chi connectivity index (χ1) is 11.3. The van der Waals surface area contributed by atoms with Crippen molar-refractivity contribution in [1.82, 2.24) is 14.1 Å². The zero-order valence-corrected chi connectivity index (χ0v) is 16.1. The van der Waals surface area contributed by atoms with Crippen LogP contribution in [0.2, 0.25) is 0 Å². The van der Waals surface area contributed by atoms with Crippen molar-refractivity contribution < 1.29 is 13.2 Å². The van der Waals surface area contributed by atoms with Gasteiger partial charge in [-0.25, -0.2) is 8.42 Å². The number of sulfonamides is 1. The number of likely N-dealkylation sites (N-methyl/N-ethyl adjacent to an activating group) is 1. The van der Waals surface area contributed by atoms with E-state index >= 15 is 0 Å². The average Bonchev–Trinajstić information content (AvgIpc) is 3.31. The van der Waals surface area contributed by atoms with Gasteiger partial charge in [-0.2, -0.15) is 4.31 Å². The van der Waals surface area contributed by atoms with Crippen molar-refractivity contribution in [3.63, 3.8) is 0 Å². The molecule has 2 heterocycles. The first kappa shape index (κ1) is 17.8. The number of carbonyl (C=O) groups is 1. The summed E-state index contributed by atoms with van der Waals surface area (Å²) in [5, 5.41) is 0. The quantitative estimate of drug-likeness (QED) is 0.783. The van der Waals surface area contributed by atoms with E-state index in [1.54, 1.807) is 10.4 Å². The van der Waals surface area contributed by atoms with Crippen molar-refractivity contribution in [3.8, 4) is 0 Å². The van der Waals surface area contributed by atoms with E-state index in [0.29, 0.717) is 43.7 Å². The Hall–Kier alpha value is -0.960. The van der Waals surface area contributed by atoms with Crippen LogP contribution >= 0.6 is 11.3 Å². The number of nitrogens with zero attached hydrogens (tertiary/aromatic N) is 3. The zero-order chi connectivity index (χ0) is 17.5. The molecule has 1 amide bonds. The highest BCUT2D eigenvalue weighted by molar-refractivity contribution is 7.89. The molecule has 0 N–H and O–H groups in total. The van der Waals surface area contributed by atoms with Crippen LogP contribution in [-0.4, -0.2) is 74.2 Å². The van der Waals surface area contributed by atoms with Gasteiger partial charge < -0.3 is 4.90 Å². The molecular weight excluding hydrogens is 346 g/mol. The molecule has 1 aromatic heterocycles. The second kappa shape index (κ2) is 6.74. The molecule has 0 radical (unpaired) electrons. The van der Waals surface area contributed by atoms with E-state index in [4.69, 9.17) is 0 Å². The minimum absolute atomic E-state index is 0.137. The van der Waals surface area contributed by atoms with E-state index in [2.05, 4.69) is 4.90 Å². The third-order valence-electron chi connectivity index (χ3n) is 4.79. The topological polar surface area (TPSA) is 60.9 Å². The number of aryl methyl sites for hydroxylation is 2. The van der Waals surface area contributed by atoms with Crippen molar-refractivity contribution in [2.45, 2.75) is 37.6 Å². The number of carbonyl (C=O) groups excluding carboxylic acids is 1. The van der Waals surface area contributed by atoms with Crippen LogP contribution in [0.15, 0.2) is 11.0 Å². The molecule has 1 aromatic rings. The van der Waals surface area contributed by atoms with Gasteiger partial charge in [-0.1, -0.05) is 0 Å². The summed E-state index contributed by atoms with van der Waals surface area (Å²) < 4.78 is 27.1. The summed E-state index contributed by atoms with van der Waals surface area (Å²) in [6, 6.07) is 2.18. The van der Waals surface area contributed by atoms with Crippen LogP contribution in [0, 0.1) is 13.8 Å². The molecule has 1 aliphatic carbocycles. The SMILES string of the molecule is Cc1cc(S(=O)(=O)N2CCN(CC(=O)N(C)C3CC3)CC2)c(C)s1. The van der Waals surface area contributed by atoms with Gasteiger partial charge in [0.2, 0.25) is 15.9 Å². The van der Waals surface area contributed by atoms with E-state index in [-0.39, 0.29) is 5.91 Å². The minimum atomic E-state index is -3.42. The number of hydrogen-bond donors (Lipinski definition) is 0. The summed E-state index contributed by atoms with van der Waals surface area (Å²) in [4.78, 5) is 18.4. The van der Waals surface area contributed by atoms with Crippen LogP contribution in [0.25, 0.3) is 0 Å². The lowest BCUT2D eigenvalue weighted by Gasteiger charge is -2.34. The average molecular weight is 372 g/mol. The second-order valence-electron chi connectivity index (χ2n) is 6.69. The molecule has 0 spiro atoms. The standard InChI is InChI=1S/C16H25N3O3S2/c1-12-10-15(13(2)23-12)24(21,22)19-8-6-18(7-9-19)11-16(20)17(3)14-4-5-14/h10,14H,4-9,11H2,1-3H3. The highest BCUT2D eigenvalue weighted by atomic mass is 32.2. The van der Waals surface area contributed by atoms with Crippen LogP contribution in [0.5, 0.6) is 0 Å². The summed E-state index contributed by atoms with van der Waals surface area (Å²) in [5.74, 6) is 0.137. The molecule has 134 valence electrons. The van der Waals surface area contributed by atoms with Gasteiger partial charge in [0.25, 0.3) is 0 Å². The van der Waals surface area contributed by atoms with E-state index in [0.717, 1.165) is 22.6 Å². The molecule has 1 saturated heterocycles. The monoisotopic (exact) mass is 371 g/mol. The van der Waals surface area contributed by atoms with Gasteiger partial charge in [0.15, 0.2) is 0 Å². The fourth-order valence-electron chi connectivity index (χ4n) is 3.10. The molecule has 0 atom stereocenters. The van der Waals surface area contributed by atoms with Gasteiger partial charge in [0.05, 0.1) is 11.4 Å². The molecule has 24 heavy (non-hydrogen) atoms. The van der Waals surface area contributed by atoms with Crippen molar-refractivity contribution in [3.05, 3.63) is 15.8 Å². The molecule has 3 rings (SSSR count). The lowest BCUT2D eigenvalue weighted by atomic mass is 10.3. The Morgan fingerprint density at radius 3 is 2.38 bits per heavy atom. The van der Waals surface area contributed by atoms with Crippen molar-refractivity contribution in [2.75, 3.05) is 39.8 Å². The number of piperazine rings is 1. The summed E-state index contributed by atoms with van der Waals surface area (Å²) in [6.45, 7) is 6.26. The lowest BCUT2D eigenvalue weighted by molar-refractivity contribution is -0.131. The molecule has 1 saturated carbocycles. The van der Waals surface area contributed by atoms with Crippen molar-refractivity contribution in [2.24, 2.45) is 0 Å². The highest BCUT2D eigenvalue weighted by Crippen LogP contribution is 2.28. The molecule has 0 unspecified atom stereocenters. The Morgan fingerprint density at radius 1 is 1.25 bits per heavy atom. The molecule has 0 bridgehead atoms. The fraction of sp³-hybridized carbons (Fsp3) is 0.688. The van der Waals surface area contributed by atoms with E-state index < -0.39 is 10.0 Å². The third-order valence-corrected chi connectivity index (χ3v) is 7.91. The van der Waals surface area contributed by atoms with Crippen LogP contribution in [-0.2, 0) is 14.8 Å². The molecule has 8 heteroatoms. The Morgan fingerprint density at radius 2 is 1.88 bits per heavy atom. The van der Waals surface area contributed by atoms with Crippen LogP contribution < -0.4 is 0 Å². The molecule has 1 aliphatic heterocycles. The molecule has 6 nitrogen and oxygen atoms in total. The van der Waals surface area contributed by atoms with Gasteiger partial charge in [0, 0.05) is 49.0 Å². The molecular formula is C16H25N3O3S2. The number of hydrogen-bond acceptors (Lipinski definition) is 5. The molecule has 2 fully saturated rings. The van der Waals surface area contributed by atoms with Gasteiger partial charge in [-0.05, 0) is 32.8 Å². The largest absolute Gasteiger partial charge is 0.342 e. The third kappa shape index (κ3) is 3.66. The highest BCUT2D eigenvalue weighted by Gasteiger charge is 2.33. The first-order valence-corrected chi connectivity index (χ1v) is 10.6. The van der Waals surface area contributed by atoms with Gasteiger partial charge in [-0.3, -0.25) is 9.69 Å². The number of rotatable bonds is 5. The smallest absolute Gasteiger partial charge is 0.244 e. The van der Waals surface area contributed by atoms with Crippen molar-refractivity contribution >= 4 is 27.3 Å². The first-order valence-electron chi connectivity index (χ1n) is 8.34. The maximum atomic E-state index is 12.8. The van der Waals surface area contributed by atoms with Gasteiger partial charge in [0.1, 0.15) is 0 Å². The Labute approximate surface area is 148 Å². The summed E-state index contributed by atoms with van der Waals surface area (Å²) >= 11 is 1.51. The fourth-order valence-corrected chi connectivity index (χ4v) is 6.04. The molecule has 0 aromatic carbocycles. The van der Waals surface area contributed by atoms with E-state index in [1.165, 1.54) is 11.3 Å². The molecule has 2 aliphatic rings. The zero-order valence-electron chi connectivity index (χ0n) is 14.5. The van der Waals surface area contributed by atoms with E-state index in [1.807, 2.05) is 25.8 Å². The second-order valence-corrected chi connectivity index (χ2v) is 10.1. The Bertz CT molecular complexity index is 717. The maximum absolute atomic E-state index is 12.8. The van der Waals surface area contributed by atoms with Crippen LogP contribution in [0.3, 0.4) is 0 Å².